The van der Waals surface area contributed by atoms with Crippen LogP contribution in [0.3, 0.4) is 0 Å². The number of esters is 1. The fourth-order valence-electron chi connectivity index (χ4n) is 1.32. The Balaban J connectivity index is 1.91. The highest BCUT2D eigenvalue weighted by atomic mass is 16.7. The molecule has 17 heavy (non-hydrogen) atoms. The maximum atomic E-state index is 10.8. The van der Waals surface area contributed by atoms with Gasteiger partial charge in [0.25, 0.3) is 11.6 Å². The summed E-state index contributed by atoms with van der Waals surface area (Å²) in [6.07, 6.45) is 1.77. The number of nitrogens with zero attached hydrogens (tertiary/aromatic N) is 1. The summed E-state index contributed by atoms with van der Waals surface area (Å²) < 4.78 is 9.94. The van der Waals surface area contributed by atoms with Crippen molar-refractivity contribution in [2.24, 2.45) is 0 Å². The summed E-state index contributed by atoms with van der Waals surface area (Å²) in [7, 11) is 0. The molecule has 1 heterocycles. The van der Waals surface area contributed by atoms with Crippen molar-refractivity contribution in [2.75, 3.05) is 0 Å². The minimum absolute atomic E-state index is 0.0280. The lowest BCUT2D eigenvalue weighted by molar-refractivity contribution is -0.384. The first-order valence-corrected chi connectivity index (χ1v) is 4.92. The molecule has 2 rings (SSSR count). The van der Waals surface area contributed by atoms with E-state index in [1.54, 1.807) is 18.2 Å². The zero-order valence-electron chi connectivity index (χ0n) is 8.79. The predicted molar refractivity (Wildman–Crippen MR) is 56.7 cm³/mol. The van der Waals surface area contributed by atoms with Gasteiger partial charge < -0.3 is 9.47 Å². The smallest absolute Gasteiger partial charge is 0.317 e. The van der Waals surface area contributed by atoms with Crippen molar-refractivity contribution >= 4 is 11.7 Å². The fourth-order valence-corrected chi connectivity index (χ4v) is 1.32. The molecule has 0 atom stereocenters. The van der Waals surface area contributed by atoms with Crippen LogP contribution in [0.1, 0.15) is 12.0 Å². The summed E-state index contributed by atoms with van der Waals surface area (Å²) in [6.45, 7) is 0.205. The van der Waals surface area contributed by atoms with Crippen LogP contribution in [-0.2, 0) is 20.9 Å². The van der Waals surface area contributed by atoms with Gasteiger partial charge in [-0.3, -0.25) is 14.9 Å². The molecule has 0 aromatic heterocycles. The number of non-ortho nitro benzene ring substituents is 1. The number of benzene rings is 1. The molecule has 1 aliphatic rings. The second-order valence-corrected chi connectivity index (χ2v) is 3.41. The Morgan fingerprint density at radius 1 is 1.35 bits per heavy atom. The number of rotatable bonds is 4. The van der Waals surface area contributed by atoms with Gasteiger partial charge in [0.15, 0.2) is 0 Å². The normalized spacial score (nSPS) is 14.1. The Kier molecular flexibility index (Phi) is 3.04. The molecule has 0 radical (unpaired) electrons. The van der Waals surface area contributed by atoms with E-state index in [0.29, 0.717) is 0 Å². The molecule has 6 heteroatoms. The molecule has 0 unspecified atom stereocenters. The van der Waals surface area contributed by atoms with Gasteiger partial charge in [-0.15, -0.1) is 0 Å². The topological polar surface area (TPSA) is 78.7 Å². The molecule has 6 nitrogen and oxygen atoms in total. The highest BCUT2D eigenvalue weighted by molar-refractivity contribution is 5.74. The van der Waals surface area contributed by atoms with Crippen molar-refractivity contribution in [3.63, 3.8) is 0 Å². The highest BCUT2D eigenvalue weighted by Gasteiger charge is 2.15. The number of hydrogen-bond donors (Lipinski definition) is 0. The average Bonchev–Trinajstić information content (AvgIpc) is 2.73. The monoisotopic (exact) mass is 235 g/mol. The quantitative estimate of drug-likeness (QED) is 0.452. The largest absolute Gasteiger partial charge is 0.460 e. The van der Waals surface area contributed by atoms with Gasteiger partial charge in [-0.05, 0) is 17.7 Å². The second-order valence-electron chi connectivity index (χ2n) is 3.41. The van der Waals surface area contributed by atoms with Crippen LogP contribution < -0.4 is 0 Å². The summed E-state index contributed by atoms with van der Waals surface area (Å²) in [4.78, 5) is 20.7. The number of hydrogen-bond acceptors (Lipinski definition) is 5. The molecule has 0 fully saturated rings. The van der Waals surface area contributed by atoms with Crippen molar-refractivity contribution < 1.29 is 19.2 Å². The maximum absolute atomic E-state index is 10.8. The van der Waals surface area contributed by atoms with E-state index in [1.807, 2.05) is 0 Å². The summed E-state index contributed by atoms with van der Waals surface area (Å²) in [6, 6.07) is 5.98. The van der Waals surface area contributed by atoms with Crippen molar-refractivity contribution in [3.05, 3.63) is 52.0 Å². The maximum Gasteiger partial charge on any atom is 0.317 e. The Labute approximate surface area is 96.6 Å². The van der Waals surface area contributed by atoms with Crippen LogP contribution in [0, 0.1) is 10.1 Å². The molecule has 0 saturated heterocycles. The van der Waals surface area contributed by atoms with E-state index in [0.717, 1.165) is 5.56 Å². The lowest BCUT2D eigenvalue weighted by Crippen LogP contribution is -1.98. The molecular formula is C11H9NO5. The van der Waals surface area contributed by atoms with Crippen LogP contribution in [0.15, 0.2) is 36.3 Å². The Morgan fingerprint density at radius 2 is 2.06 bits per heavy atom. The van der Waals surface area contributed by atoms with Crippen LogP contribution in [0.2, 0.25) is 0 Å². The van der Waals surface area contributed by atoms with E-state index in [9.17, 15) is 14.9 Å². The van der Waals surface area contributed by atoms with Gasteiger partial charge >= 0.3 is 5.97 Å². The highest BCUT2D eigenvalue weighted by Crippen LogP contribution is 2.16. The second kappa shape index (κ2) is 4.65. The van der Waals surface area contributed by atoms with Crippen molar-refractivity contribution in [1.29, 1.82) is 0 Å². The molecule has 0 N–H and O–H groups in total. The van der Waals surface area contributed by atoms with Crippen LogP contribution in [0.4, 0.5) is 5.69 Å². The number of cyclic esters (lactones) is 1. The van der Waals surface area contributed by atoms with E-state index in [4.69, 9.17) is 9.47 Å². The van der Waals surface area contributed by atoms with E-state index in [1.165, 1.54) is 12.1 Å². The van der Waals surface area contributed by atoms with Gasteiger partial charge in [0, 0.05) is 18.2 Å². The molecule has 1 aromatic rings. The van der Waals surface area contributed by atoms with Gasteiger partial charge in [-0.2, -0.15) is 0 Å². The number of carbonyl (C=O) groups is 1. The van der Waals surface area contributed by atoms with Crippen molar-refractivity contribution in [1.82, 2.24) is 0 Å². The zero-order valence-corrected chi connectivity index (χ0v) is 8.79. The van der Waals surface area contributed by atoms with Gasteiger partial charge in [0.05, 0.1) is 11.3 Å². The van der Waals surface area contributed by atoms with E-state index < -0.39 is 4.92 Å². The third kappa shape index (κ3) is 2.81. The first-order chi connectivity index (χ1) is 8.15. The van der Waals surface area contributed by atoms with Gasteiger partial charge in [-0.25, -0.2) is 0 Å². The molecule has 0 amide bonds. The fraction of sp³-hybridized carbons (Fsp3) is 0.182. The van der Waals surface area contributed by atoms with Crippen LogP contribution in [0.5, 0.6) is 0 Å². The molecule has 0 spiro atoms. The molecule has 88 valence electrons. The van der Waals surface area contributed by atoms with Crippen molar-refractivity contribution in [2.45, 2.75) is 13.0 Å². The summed E-state index contributed by atoms with van der Waals surface area (Å²) >= 11 is 0. The van der Waals surface area contributed by atoms with Crippen LogP contribution >= 0.6 is 0 Å². The lowest BCUT2D eigenvalue weighted by atomic mass is 10.2. The van der Waals surface area contributed by atoms with Gasteiger partial charge in [-0.1, -0.05) is 0 Å². The third-order valence-electron chi connectivity index (χ3n) is 2.18. The Hall–Kier alpha value is -2.37. The molecule has 0 aliphatic carbocycles. The van der Waals surface area contributed by atoms with Crippen LogP contribution in [0.25, 0.3) is 0 Å². The Morgan fingerprint density at radius 3 is 2.59 bits per heavy atom. The lowest BCUT2D eigenvalue weighted by Gasteiger charge is -2.05. The average molecular weight is 235 g/mol. The zero-order chi connectivity index (χ0) is 12.3. The first kappa shape index (κ1) is 11.1. The number of carbonyl (C=O) groups excluding carboxylic acids is 1. The number of nitro groups is 1. The van der Waals surface area contributed by atoms with Crippen molar-refractivity contribution in [3.8, 4) is 0 Å². The molecular weight excluding hydrogens is 226 g/mol. The van der Waals surface area contributed by atoms with Gasteiger partial charge in [0.2, 0.25) is 0 Å². The summed E-state index contributed by atoms with van der Waals surface area (Å²) in [5.41, 5.74) is 0.791. The standard InChI is InChI=1S/C11H9NO5/c13-10-5-6-11(17-10)16-7-8-1-3-9(4-2-8)12(14)15/h1-4,6H,5,7H2. The minimum atomic E-state index is -0.466. The SMILES string of the molecule is O=C1CC=C(OCc2ccc([N+](=O)[O-])cc2)O1. The van der Waals surface area contributed by atoms with E-state index >= 15 is 0 Å². The van der Waals surface area contributed by atoms with E-state index in [2.05, 4.69) is 0 Å². The number of ether oxygens (including phenoxy) is 2. The third-order valence-corrected chi connectivity index (χ3v) is 2.18. The molecule has 1 aromatic carbocycles. The molecule has 1 aliphatic heterocycles. The number of nitro benzene ring substituents is 1. The van der Waals surface area contributed by atoms with Gasteiger partial charge in [0.1, 0.15) is 6.61 Å². The Bertz CT molecular complexity index is 477. The predicted octanol–water partition coefficient (Wildman–Crippen LogP) is 1.90. The van der Waals surface area contributed by atoms with Crippen LogP contribution in [-0.4, -0.2) is 10.9 Å². The summed E-state index contributed by atoms with van der Waals surface area (Å²) in [5, 5.41) is 10.4. The molecule has 0 saturated carbocycles. The first-order valence-electron chi connectivity index (χ1n) is 4.92. The molecule has 0 bridgehead atoms. The van der Waals surface area contributed by atoms with E-state index in [-0.39, 0.29) is 30.6 Å². The minimum Gasteiger partial charge on any atom is -0.460 e. The summed E-state index contributed by atoms with van der Waals surface area (Å²) in [5.74, 6) is -0.156.